The van der Waals surface area contributed by atoms with Crippen LogP contribution in [0.4, 0.5) is 4.39 Å². The molecule has 0 saturated carbocycles. The van der Waals surface area contributed by atoms with E-state index in [9.17, 15) is 9.18 Å². The molecule has 5 heteroatoms. The Morgan fingerprint density at radius 2 is 2.20 bits per heavy atom. The van der Waals surface area contributed by atoms with Gasteiger partial charge in [-0.25, -0.2) is 4.39 Å². The summed E-state index contributed by atoms with van der Waals surface area (Å²) in [5, 5.41) is 2.78. The fourth-order valence-electron chi connectivity index (χ4n) is 1.87. The monoisotopic (exact) mass is 290 g/mol. The Kier molecular flexibility index (Phi) is 4.74. The van der Waals surface area contributed by atoms with E-state index in [4.69, 9.17) is 0 Å². The van der Waals surface area contributed by atoms with Gasteiger partial charge < -0.3 is 5.32 Å². The van der Waals surface area contributed by atoms with E-state index in [0.717, 1.165) is 17.7 Å². The van der Waals surface area contributed by atoms with Crippen molar-refractivity contribution in [2.45, 2.75) is 24.8 Å². The zero-order chi connectivity index (χ0) is 14.5. The summed E-state index contributed by atoms with van der Waals surface area (Å²) in [5.41, 5.74) is 2.32. The fourth-order valence-corrected chi connectivity index (χ4v) is 2.09. The average molecular weight is 290 g/mol. The highest BCUT2D eigenvalue weighted by Crippen LogP contribution is 2.14. The summed E-state index contributed by atoms with van der Waals surface area (Å²) in [6, 6.07) is 7.93. The molecule has 0 aliphatic carbocycles. The predicted octanol–water partition coefficient (Wildman–Crippen LogP) is 3.00. The number of hydrogen-bond donors (Lipinski definition) is 2. The lowest BCUT2D eigenvalue weighted by Gasteiger charge is -2.08. The molecule has 0 fully saturated rings. The highest BCUT2D eigenvalue weighted by Gasteiger charge is 2.09. The number of pyridine rings is 1. The minimum atomic E-state index is -0.442. The van der Waals surface area contributed by atoms with Crippen molar-refractivity contribution in [3.05, 3.63) is 59.2 Å². The number of nitrogens with zero attached hydrogens (tertiary/aromatic N) is 1. The van der Waals surface area contributed by atoms with Crippen LogP contribution in [0.15, 0.2) is 41.4 Å². The summed E-state index contributed by atoms with van der Waals surface area (Å²) in [6.45, 7) is 2.39. The van der Waals surface area contributed by atoms with Gasteiger partial charge in [0.25, 0.3) is 5.91 Å². The van der Waals surface area contributed by atoms with Crippen LogP contribution in [0.2, 0.25) is 0 Å². The van der Waals surface area contributed by atoms with Crippen molar-refractivity contribution in [1.29, 1.82) is 0 Å². The second-order valence-electron chi connectivity index (χ2n) is 4.31. The Hall–Kier alpha value is -1.88. The topological polar surface area (TPSA) is 42.0 Å². The number of aromatic nitrogens is 1. The van der Waals surface area contributed by atoms with E-state index in [2.05, 4.69) is 22.9 Å². The van der Waals surface area contributed by atoms with Crippen LogP contribution in [-0.2, 0) is 13.0 Å². The zero-order valence-corrected chi connectivity index (χ0v) is 12.0. The van der Waals surface area contributed by atoms with Crippen molar-refractivity contribution in [1.82, 2.24) is 10.3 Å². The van der Waals surface area contributed by atoms with E-state index >= 15 is 0 Å². The molecule has 0 atom stereocenters. The number of hydrogen-bond acceptors (Lipinski definition) is 3. The minimum absolute atomic E-state index is 0.157. The van der Waals surface area contributed by atoms with E-state index in [0.29, 0.717) is 12.1 Å². The van der Waals surface area contributed by atoms with Crippen molar-refractivity contribution in [2.75, 3.05) is 0 Å². The maximum absolute atomic E-state index is 13.1. The second kappa shape index (κ2) is 6.52. The number of nitrogens with one attached hydrogen (secondary N) is 1. The molecule has 0 aliphatic heterocycles. The normalized spacial score (nSPS) is 10.3. The largest absolute Gasteiger partial charge is 0.346 e. The van der Waals surface area contributed by atoms with Crippen LogP contribution in [-0.4, -0.2) is 10.9 Å². The molecule has 0 aliphatic rings. The number of carbonyl (C=O) groups is 1. The molecule has 104 valence electrons. The number of halogens is 1. The highest BCUT2D eigenvalue weighted by molar-refractivity contribution is 7.80. The van der Waals surface area contributed by atoms with Crippen LogP contribution < -0.4 is 5.32 Å². The number of aryl methyl sites for hydroxylation is 1. The van der Waals surface area contributed by atoms with Gasteiger partial charge in [-0.3, -0.25) is 9.78 Å². The van der Waals surface area contributed by atoms with Gasteiger partial charge >= 0.3 is 0 Å². The van der Waals surface area contributed by atoms with Gasteiger partial charge in [0.15, 0.2) is 0 Å². The predicted molar refractivity (Wildman–Crippen MR) is 78.4 cm³/mol. The molecular formula is C15H15FN2OS. The van der Waals surface area contributed by atoms with Crippen LogP contribution in [0.25, 0.3) is 0 Å². The quantitative estimate of drug-likeness (QED) is 0.850. The number of rotatable bonds is 4. The van der Waals surface area contributed by atoms with Gasteiger partial charge in [0.2, 0.25) is 0 Å². The van der Waals surface area contributed by atoms with Crippen LogP contribution in [0.3, 0.4) is 0 Å². The first kappa shape index (κ1) is 14.5. The van der Waals surface area contributed by atoms with E-state index < -0.39 is 5.82 Å². The molecule has 3 nitrogen and oxygen atoms in total. The maximum atomic E-state index is 13.1. The van der Waals surface area contributed by atoms with E-state index in [1.807, 2.05) is 19.1 Å². The van der Waals surface area contributed by atoms with Gasteiger partial charge in [-0.1, -0.05) is 13.0 Å². The van der Waals surface area contributed by atoms with Crippen molar-refractivity contribution >= 4 is 18.5 Å². The van der Waals surface area contributed by atoms with Crippen molar-refractivity contribution in [2.24, 2.45) is 0 Å². The third-order valence-electron chi connectivity index (χ3n) is 2.99. The molecule has 1 aromatic heterocycles. The molecule has 0 saturated heterocycles. The molecule has 0 unspecified atom stereocenters. The van der Waals surface area contributed by atoms with Gasteiger partial charge in [-0.15, -0.1) is 12.6 Å². The van der Waals surface area contributed by atoms with Gasteiger partial charge in [-0.05, 0) is 36.2 Å². The lowest BCUT2D eigenvalue weighted by atomic mass is 10.1. The summed E-state index contributed by atoms with van der Waals surface area (Å²) in [6.07, 6.45) is 2.56. The minimum Gasteiger partial charge on any atom is -0.346 e. The molecule has 1 N–H and O–H groups in total. The SMILES string of the molecule is CCc1cccnc1CNC(=O)c1ccc(F)c(S)c1. The second-order valence-corrected chi connectivity index (χ2v) is 4.79. The summed E-state index contributed by atoms with van der Waals surface area (Å²) in [4.78, 5) is 16.4. The molecule has 0 radical (unpaired) electrons. The van der Waals surface area contributed by atoms with Crippen LogP contribution in [0, 0.1) is 5.82 Å². The molecule has 1 amide bonds. The third-order valence-corrected chi connectivity index (χ3v) is 3.33. The van der Waals surface area contributed by atoms with Gasteiger partial charge in [0.05, 0.1) is 12.2 Å². The standard InChI is InChI=1S/C15H15FN2OS/c1-2-10-4-3-7-17-13(10)9-18-15(19)11-5-6-12(16)14(20)8-11/h3-8,20H,2,9H2,1H3,(H,18,19). The smallest absolute Gasteiger partial charge is 0.251 e. The van der Waals surface area contributed by atoms with E-state index in [1.165, 1.54) is 18.2 Å². The van der Waals surface area contributed by atoms with E-state index in [-0.39, 0.29) is 10.8 Å². The number of amides is 1. The first-order chi connectivity index (χ1) is 9.61. The van der Waals surface area contributed by atoms with Crippen molar-refractivity contribution in [3.8, 4) is 0 Å². The molecule has 1 aromatic carbocycles. The maximum Gasteiger partial charge on any atom is 0.251 e. The number of benzene rings is 1. The Morgan fingerprint density at radius 3 is 2.90 bits per heavy atom. The Bertz CT molecular complexity index is 631. The number of thiol groups is 1. The van der Waals surface area contributed by atoms with Crippen LogP contribution >= 0.6 is 12.6 Å². The van der Waals surface area contributed by atoms with Crippen molar-refractivity contribution < 1.29 is 9.18 Å². The lowest BCUT2D eigenvalue weighted by molar-refractivity contribution is 0.0950. The molecule has 2 rings (SSSR count). The first-order valence-electron chi connectivity index (χ1n) is 6.31. The molecule has 20 heavy (non-hydrogen) atoms. The molecular weight excluding hydrogens is 275 g/mol. The number of carbonyl (C=O) groups excluding carboxylic acids is 1. The third kappa shape index (κ3) is 3.36. The van der Waals surface area contributed by atoms with Crippen LogP contribution in [0.5, 0.6) is 0 Å². The summed E-state index contributed by atoms with van der Waals surface area (Å²) in [5.74, 6) is -0.712. The van der Waals surface area contributed by atoms with Crippen molar-refractivity contribution in [3.63, 3.8) is 0 Å². The Morgan fingerprint density at radius 1 is 1.40 bits per heavy atom. The lowest BCUT2D eigenvalue weighted by Crippen LogP contribution is -2.24. The summed E-state index contributed by atoms with van der Waals surface area (Å²) < 4.78 is 13.1. The van der Waals surface area contributed by atoms with Gasteiger partial charge in [0.1, 0.15) is 5.82 Å². The molecule has 1 heterocycles. The van der Waals surface area contributed by atoms with Crippen LogP contribution in [0.1, 0.15) is 28.5 Å². The van der Waals surface area contributed by atoms with Gasteiger partial charge in [-0.2, -0.15) is 0 Å². The van der Waals surface area contributed by atoms with Gasteiger partial charge in [0, 0.05) is 16.7 Å². The summed E-state index contributed by atoms with van der Waals surface area (Å²) in [7, 11) is 0. The molecule has 0 spiro atoms. The fraction of sp³-hybridized carbons (Fsp3) is 0.200. The Balaban J connectivity index is 2.06. The summed E-state index contributed by atoms with van der Waals surface area (Å²) >= 11 is 3.96. The zero-order valence-electron chi connectivity index (χ0n) is 11.1. The Labute approximate surface area is 122 Å². The first-order valence-corrected chi connectivity index (χ1v) is 6.76. The highest BCUT2D eigenvalue weighted by atomic mass is 32.1. The molecule has 2 aromatic rings. The average Bonchev–Trinajstić information content (AvgIpc) is 2.47. The molecule has 0 bridgehead atoms. The van der Waals surface area contributed by atoms with E-state index in [1.54, 1.807) is 6.20 Å².